The van der Waals surface area contributed by atoms with E-state index in [1.54, 1.807) is 0 Å². The van der Waals surface area contributed by atoms with Crippen molar-refractivity contribution in [3.05, 3.63) is 152 Å². The standard InChI is InChI=1S/C37H25N5/c1-2-18-40-34(9-1)28-10-12-29(13-11-28)37-41-35(32-7-3-5-30(23-32)26-14-19-38-20-15-26)25-36(42-37)33-8-4-6-31(24-33)27-16-21-39-22-17-27/h1-25H. The molecule has 0 spiro atoms. The van der Waals surface area contributed by atoms with E-state index in [9.17, 15) is 0 Å². The monoisotopic (exact) mass is 539 g/mol. The number of pyridine rings is 3. The fourth-order valence-electron chi connectivity index (χ4n) is 5.00. The van der Waals surface area contributed by atoms with E-state index in [1.165, 1.54) is 0 Å². The van der Waals surface area contributed by atoms with Crippen LogP contribution in [0.25, 0.3) is 67.4 Å². The van der Waals surface area contributed by atoms with E-state index in [0.717, 1.165) is 61.6 Å². The van der Waals surface area contributed by atoms with Crippen molar-refractivity contribution in [1.29, 1.82) is 0 Å². The number of hydrogen-bond donors (Lipinski definition) is 0. The van der Waals surface area contributed by atoms with Crippen LogP contribution in [0, 0.1) is 0 Å². The molecular formula is C37H25N5. The molecule has 0 aliphatic carbocycles. The summed E-state index contributed by atoms with van der Waals surface area (Å²) < 4.78 is 0. The fraction of sp³-hybridized carbons (Fsp3) is 0. The first-order chi connectivity index (χ1) is 20.8. The van der Waals surface area contributed by atoms with Crippen LogP contribution in [0.3, 0.4) is 0 Å². The van der Waals surface area contributed by atoms with E-state index in [1.807, 2.05) is 73.4 Å². The zero-order chi connectivity index (χ0) is 28.1. The van der Waals surface area contributed by atoms with Crippen LogP contribution in [0.1, 0.15) is 0 Å². The SMILES string of the molecule is c1ccc(-c2ccc(-c3nc(-c4cccc(-c5ccncc5)c4)cc(-c4cccc(-c5ccncc5)c4)n3)cc2)nc1. The summed E-state index contributed by atoms with van der Waals surface area (Å²) in [7, 11) is 0. The van der Waals surface area contributed by atoms with Gasteiger partial charge in [0.05, 0.1) is 17.1 Å². The van der Waals surface area contributed by atoms with Crippen molar-refractivity contribution in [1.82, 2.24) is 24.9 Å². The number of nitrogens with zero attached hydrogens (tertiary/aromatic N) is 5. The van der Waals surface area contributed by atoms with Gasteiger partial charge in [0.2, 0.25) is 0 Å². The van der Waals surface area contributed by atoms with Crippen molar-refractivity contribution in [2.75, 3.05) is 0 Å². The van der Waals surface area contributed by atoms with Crippen LogP contribution in [0.15, 0.2) is 152 Å². The van der Waals surface area contributed by atoms with Gasteiger partial charge < -0.3 is 0 Å². The number of aromatic nitrogens is 5. The molecule has 198 valence electrons. The van der Waals surface area contributed by atoms with Gasteiger partial charge in [-0.1, -0.05) is 66.7 Å². The Balaban J connectivity index is 1.35. The Morgan fingerprint density at radius 1 is 0.310 bits per heavy atom. The lowest BCUT2D eigenvalue weighted by Crippen LogP contribution is -1.96. The number of rotatable bonds is 6. The van der Waals surface area contributed by atoms with Crippen molar-refractivity contribution in [2.24, 2.45) is 0 Å². The molecule has 7 rings (SSSR count). The molecule has 4 aromatic heterocycles. The summed E-state index contributed by atoms with van der Waals surface area (Å²) in [6.07, 6.45) is 9.06. The van der Waals surface area contributed by atoms with Crippen LogP contribution in [0.2, 0.25) is 0 Å². The Morgan fingerprint density at radius 3 is 1.36 bits per heavy atom. The first-order valence-electron chi connectivity index (χ1n) is 13.7. The van der Waals surface area contributed by atoms with Crippen molar-refractivity contribution < 1.29 is 0 Å². The molecule has 3 aromatic carbocycles. The molecule has 0 aliphatic heterocycles. The van der Waals surface area contributed by atoms with E-state index >= 15 is 0 Å². The van der Waals surface area contributed by atoms with E-state index in [-0.39, 0.29) is 0 Å². The van der Waals surface area contributed by atoms with Gasteiger partial charge in [0.1, 0.15) is 0 Å². The normalized spacial score (nSPS) is 10.9. The molecule has 0 atom stereocenters. The lowest BCUT2D eigenvalue weighted by atomic mass is 9.99. The number of hydrogen-bond acceptors (Lipinski definition) is 5. The maximum absolute atomic E-state index is 5.07. The molecule has 0 saturated carbocycles. The summed E-state index contributed by atoms with van der Waals surface area (Å²) in [5, 5.41) is 0. The van der Waals surface area contributed by atoms with Gasteiger partial charge in [-0.25, -0.2) is 9.97 Å². The Morgan fingerprint density at radius 2 is 0.833 bits per heavy atom. The minimum absolute atomic E-state index is 0.665. The highest BCUT2D eigenvalue weighted by Crippen LogP contribution is 2.32. The van der Waals surface area contributed by atoms with E-state index in [2.05, 4.69) is 93.8 Å². The summed E-state index contributed by atoms with van der Waals surface area (Å²) in [4.78, 5) is 23.0. The molecule has 0 saturated heterocycles. The molecule has 4 heterocycles. The van der Waals surface area contributed by atoms with E-state index in [0.29, 0.717) is 5.82 Å². The third-order valence-corrected chi connectivity index (χ3v) is 7.17. The molecule has 5 heteroatoms. The second-order valence-corrected chi connectivity index (χ2v) is 9.89. The minimum Gasteiger partial charge on any atom is -0.265 e. The molecule has 0 fully saturated rings. The lowest BCUT2D eigenvalue weighted by Gasteiger charge is -2.12. The van der Waals surface area contributed by atoms with Gasteiger partial charge >= 0.3 is 0 Å². The molecule has 0 unspecified atom stereocenters. The fourth-order valence-corrected chi connectivity index (χ4v) is 5.00. The Kier molecular flexibility index (Phi) is 6.81. The quantitative estimate of drug-likeness (QED) is 0.212. The van der Waals surface area contributed by atoms with Crippen molar-refractivity contribution in [2.45, 2.75) is 0 Å². The van der Waals surface area contributed by atoms with Crippen LogP contribution in [0.4, 0.5) is 0 Å². The third-order valence-electron chi connectivity index (χ3n) is 7.17. The van der Waals surface area contributed by atoms with Gasteiger partial charge in [0.15, 0.2) is 5.82 Å². The van der Waals surface area contributed by atoms with Gasteiger partial charge in [-0.3, -0.25) is 15.0 Å². The van der Waals surface area contributed by atoms with Gasteiger partial charge in [0.25, 0.3) is 0 Å². The van der Waals surface area contributed by atoms with Gasteiger partial charge in [-0.2, -0.15) is 0 Å². The van der Waals surface area contributed by atoms with E-state index in [4.69, 9.17) is 9.97 Å². The summed E-state index contributed by atoms with van der Waals surface area (Å²) in [6.45, 7) is 0. The summed E-state index contributed by atoms with van der Waals surface area (Å²) in [6, 6.07) is 41.2. The lowest BCUT2D eigenvalue weighted by molar-refractivity contribution is 1.18. The van der Waals surface area contributed by atoms with Crippen LogP contribution in [0.5, 0.6) is 0 Å². The molecule has 0 bridgehead atoms. The maximum atomic E-state index is 5.07. The molecule has 0 amide bonds. The average Bonchev–Trinajstić information content (AvgIpc) is 3.09. The highest BCUT2D eigenvalue weighted by Gasteiger charge is 2.13. The minimum atomic E-state index is 0.665. The largest absolute Gasteiger partial charge is 0.265 e. The zero-order valence-corrected chi connectivity index (χ0v) is 22.7. The van der Waals surface area contributed by atoms with Gasteiger partial charge in [0, 0.05) is 53.2 Å². The summed E-state index contributed by atoms with van der Waals surface area (Å²) in [5.41, 5.74) is 11.1. The predicted molar refractivity (Wildman–Crippen MR) is 168 cm³/mol. The Labute approximate surface area is 244 Å². The maximum Gasteiger partial charge on any atom is 0.160 e. The van der Waals surface area contributed by atoms with Crippen LogP contribution >= 0.6 is 0 Å². The smallest absolute Gasteiger partial charge is 0.160 e. The first kappa shape index (κ1) is 25.2. The Hall–Kier alpha value is -5.81. The van der Waals surface area contributed by atoms with Gasteiger partial charge in [-0.05, 0) is 76.9 Å². The predicted octanol–water partition coefficient (Wildman–Crippen LogP) is 8.66. The van der Waals surface area contributed by atoms with Crippen LogP contribution in [-0.4, -0.2) is 24.9 Å². The van der Waals surface area contributed by atoms with Crippen LogP contribution < -0.4 is 0 Å². The molecular weight excluding hydrogens is 514 g/mol. The summed E-state index contributed by atoms with van der Waals surface area (Å²) >= 11 is 0. The van der Waals surface area contributed by atoms with Crippen LogP contribution in [-0.2, 0) is 0 Å². The van der Waals surface area contributed by atoms with Crippen molar-refractivity contribution >= 4 is 0 Å². The second kappa shape index (κ2) is 11.4. The van der Waals surface area contributed by atoms with Crippen molar-refractivity contribution in [3.63, 3.8) is 0 Å². The number of benzene rings is 3. The molecule has 0 aliphatic rings. The first-order valence-corrected chi connectivity index (χ1v) is 13.7. The zero-order valence-electron chi connectivity index (χ0n) is 22.7. The van der Waals surface area contributed by atoms with Gasteiger partial charge in [-0.15, -0.1) is 0 Å². The van der Waals surface area contributed by atoms with Crippen molar-refractivity contribution in [3.8, 4) is 67.4 Å². The molecule has 0 N–H and O–H groups in total. The second-order valence-electron chi connectivity index (χ2n) is 9.89. The molecule has 0 radical (unpaired) electrons. The molecule has 7 aromatic rings. The van der Waals surface area contributed by atoms with E-state index < -0.39 is 0 Å². The highest BCUT2D eigenvalue weighted by molar-refractivity contribution is 5.78. The summed E-state index contributed by atoms with van der Waals surface area (Å²) in [5.74, 6) is 0.665. The Bertz CT molecular complexity index is 1860. The topological polar surface area (TPSA) is 64.5 Å². The molecule has 42 heavy (non-hydrogen) atoms. The third kappa shape index (κ3) is 5.31. The highest BCUT2D eigenvalue weighted by atomic mass is 14.9. The average molecular weight is 540 g/mol. The molecule has 5 nitrogen and oxygen atoms in total.